The lowest BCUT2D eigenvalue weighted by Crippen LogP contribution is -2.40. The number of hydrogen-bond donors (Lipinski definition) is 1. The van der Waals surface area contributed by atoms with E-state index in [0.717, 1.165) is 78.2 Å². The number of nitrogens with zero attached hydrogens (tertiary/aromatic N) is 2. The van der Waals surface area contributed by atoms with Gasteiger partial charge in [-0.25, -0.2) is 0 Å². The van der Waals surface area contributed by atoms with Gasteiger partial charge in [0.25, 0.3) is 0 Å². The van der Waals surface area contributed by atoms with E-state index in [-0.39, 0.29) is 11.8 Å². The van der Waals surface area contributed by atoms with Crippen molar-refractivity contribution in [2.75, 3.05) is 46.1 Å². The van der Waals surface area contributed by atoms with Crippen molar-refractivity contribution in [1.82, 2.24) is 15.1 Å². The highest BCUT2D eigenvalue weighted by atomic mass is 16.5. The summed E-state index contributed by atoms with van der Waals surface area (Å²) in [6.45, 7) is 10.1. The third-order valence-corrected chi connectivity index (χ3v) is 5.74. The first-order valence-electron chi connectivity index (χ1n) is 12.5. The van der Waals surface area contributed by atoms with E-state index in [9.17, 15) is 9.59 Å². The molecule has 1 rings (SSSR count). The summed E-state index contributed by atoms with van der Waals surface area (Å²) in [4.78, 5) is 28.2. The molecule has 0 aliphatic carbocycles. The fourth-order valence-electron chi connectivity index (χ4n) is 3.90. The number of carbonyl (C=O) groups excluding carboxylic acids is 2. The van der Waals surface area contributed by atoms with Crippen LogP contribution in [0.5, 0.6) is 0 Å². The van der Waals surface area contributed by atoms with Crippen molar-refractivity contribution in [1.29, 1.82) is 0 Å². The van der Waals surface area contributed by atoms with Gasteiger partial charge in [0.05, 0.1) is 6.67 Å². The van der Waals surface area contributed by atoms with Gasteiger partial charge in [0.2, 0.25) is 11.8 Å². The Morgan fingerprint density at radius 2 is 1.73 bits per heavy atom. The number of carbonyl (C=O) groups is 2. The summed E-state index contributed by atoms with van der Waals surface area (Å²) >= 11 is 0. The lowest BCUT2D eigenvalue weighted by Gasteiger charge is -2.27. The molecule has 0 aromatic rings. The Balaban J connectivity index is 2.09. The van der Waals surface area contributed by atoms with E-state index >= 15 is 0 Å². The molecular weight excluding hydrogens is 378 g/mol. The molecular formula is C24H47N3O3. The van der Waals surface area contributed by atoms with Gasteiger partial charge in [-0.05, 0) is 45.6 Å². The molecule has 0 atom stereocenters. The molecule has 0 saturated carbocycles. The van der Waals surface area contributed by atoms with Crippen LogP contribution in [0.2, 0.25) is 0 Å². The second-order valence-corrected chi connectivity index (χ2v) is 8.50. The van der Waals surface area contributed by atoms with Gasteiger partial charge >= 0.3 is 0 Å². The number of unbranched alkanes of at least 4 members (excludes halogenated alkanes) is 7. The van der Waals surface area contributed by atoms with Crippen molar-refractivity contribution in [2.24, 2.45) is 0 Å². The van der Waals surface area contributed by atoms with E-state index in [1.54, 1.807) is 0 Å². The average Bonchev–Trinajstić information content (AvgIpc) is 3.14. The maximum absolute atomic E-state index is 12.0. The van der Waals surface area contributed by atoms with E-state index in [1.165, 1.54) is 38.5 Å². The molecule has 1 aliphatic heterocycles. The fourth-order valence-corrected chi connectivity index (χ4v) is 3.90. The predicted molar refractivity (Wildman–Crippen MR) is 123 cm³/mol. The number of likely N-dealkylation sites (tertiary alicyclic amines) is 1. The first-order valence-corrected chi connectivity index (χ1v) is 12.5. The highest BCUT2D eigenvalue weighted by Crippen LogP contribution is 2.11. The molecule has 1 N–H and O–H groups in total. The van der Waals surface area contributed by atoms with Gasteiger partial charge in [-0.3, -0.25) is 14.5 Å². The largest absolute Gasteiger partial charge is 0.382 e. The molecule has 0 spiro atoms. The predicted octanol–water partition coefficient (Wildman–Crippen LogP) is 4.33. The molecule has 2 amide bonds. The Kier molecular flexibility index (Phi) is 16.7. The monoisotopic (exact) mass is 425 g/mol. The minimum absolute atomic E-state index is 0.194. The van der Waals surface area contributed by atoms with Gasteiger partial charge in [0.15, 0.2) is 0 Å². The van der Waals surface area contributed by atoms with Gasteiger partial charge in [-0.2, -0.15) is 0 Å². The smallest absolute Gasteiger partial charge is 0.223 e. The summed E-state index contributed by atoms with van der Waals surface area (Å²) in [6, 6.07) is 0. The topological polar surface area (TPSA) is 61.9 Å². The first-order chi connectivity index (χ1) is 14.7. The summed E-state index contributed by atoms with van der Waals surface area (Å²) in [7, 11) is 0. The molecule has 6 nitrogen and oxygen atoms in total. The van der Waals surface area contributed by atoms with Crippen LogP contribution in [0.15, 0.2) is 0 Å². The van der Waals surface area contributed by atoms with Crippen LogP contribution >= 0.6 is 0 Å². The van der Waals surface area contributed by atoms with Crippen LogP contribution in [0.4, 0.5) is 0 Å². The highest BCUT2D eigenvalue weighted by Gasteiger charge is 2.21. The summed E-state index contributed by atoms with van der Waals surface area (Å²) < 4.78 is 5.45. The summed E-state index contributed by atoms with van der Waals surface area (Å²) in [5.74, 6) is 0.474. The molecule has 0 unspecified atom stereocenters. The minimum Gasteiger partial charge on any atom is -0.382 e. The van der Waals surface area contributed by atoms with Crippen LogP contribution in [-0.2, 0) is 14.3 Å². The maximum atomic E-state index is 12.0. The molecule has 0 aromatic heterocycles. The fraction of sp³-hybridized carbons (Fsp3) is 0.917. The number of rotatable bonds is 20. The lowest BCUT2D eigenvalue weighted by molar-refractivity contribution is -0.129. The molecule has 1 heterocycles. The Labute approximate surface area is 185 Å². The quantitative estimate of drug-likeness (QED) is 0.295. The minimum atomic E-state index is 0.194. The molecule has 0 radical (unpaired) electrons. The average molecular weight is 426 g/mol. The number of nitrogens with one attached hydrogen (secondary N) is 1. The van der Waals surface area contributed by atoms with Gasteiger partial charge in [0, 0.05) is 45.7 Å². The zero-order valence-corrected chi connectivity index (χ0v) is 19.8. The standard InChI is InChI=1S/C24H47N3O3/c1-3-5-6-7-8-9-10-15-23(28)25-17-11-12-18-26(19-14-21-30-4-2)22-27-20-13-16-24(27)29/h3-22H2,1-2H3,(H,25,28). The second-order valence-electron chi connectivity index (χ2n) is 8.50. The SMILES string of the molecule is CCCCCCCCCC(=O)NCCCCN(CCCOCC)CN1CCCC1=O. The molecule has 0 aromatic carbocycles. The summed E-state index contributed by atoms with van der Waals surface area (Å²) in [6.07, 6.45) is 14.0. The van der Waals surface area contributed by atoms with Gasteiger partial charge in [-0.1, -0.05) is 45.4 Å². The van der Waals surface area contributed by atoms with Crippen molar-refractivity contribution < 1.29 is 14.3 Å². The Morgan fingerprint density at radius 1 is 1.00 bits per heavy atom. The first kappa shape index (κ1) is 26.9. The van der Waals surface area contributed by atoms with Gasteiger partial charge < -0.3 is 15.0 Å². The molecule has 176 valence electrons. The number of hydrogen-bond acceptors (Lipinski definition) is 4. The zero-order chi connectivity index (χ0) is 21.9. The summed E-state index contributed by atoms with van der Waals surface area (Å²) in [5, 5.41) is 3.07. The van der Waals surface area contributed by atoms with Crippen LogP contribution in [0, 0.1) is 0 Å². The summed E-state index contributed by atoms with van der Waals surface area (Å²) in [5.41, 5.74) is 0. The van der Waals surface area contributed by atoms with Crippen LogP contribution in [0.3, 0.4) is 0 Å². The van der Waals surface area contributed by atoms with Crippen LogP contribution in [0.25, 0.3) is 0 Å². The normalized spacial score (nSPS) is 14.1. The van der Waals surface area contributed by atoms with Crippen molar-refractivity contribution >= 4 is 11.8 Å². The van der Waals surface area contributed by atoms with Crippen molar-refractivity contribution in [3.8, 4) is 0 Å². The van der Waals surface area contributed by atoms with Crippen molar-refractivity contribution in [3.63, 3.8) is 0 Å². The number of ether oxygens (including phenoxy) is 1. The van der Waals surface area contributed by atoms with E-state index in [1.807, 2.05) is 11.8 Å². The molecule has 1 aliphatic rings. The van der Waals surface area contributed by atoms with Crippen molar-refractivity contribution in [2.45, 2.75) is 97.3 Å². The lowest BCUT2D eigenvalue weighted by atomic mass is 10.1. The molecule has 30 heavy (non-hydrogen) atoms. The highest BCUT2D eigenvalue weighted by molar-refractivity contribution is 5.78. The third-order valence-electron chi connectivity index (χ3n) is 5.74. The number of amides is 2. The van der Waals surface area contributed by atoms with Gasteiger partial charge in [-0.15, -0.1) is 0 Å². The van der Waals surface area contributed by atoms with Crippen LogP contribution in [-0.4, -0.2) is 67.7 Å². The molecule has 6 heteroatoms. The third kappa shape index (κ3) is 14.0. The van der Waals surface area contributed by atoms with Crippen molar-refractivity contribution in [3.05, 3.63) is 0 Å². The van der Waals surface area contributed by atoms with Crippen LogP contribution in [0.1, 0.15) is 97.3 Å². The van der Waals surface area contributed by atoms with Gasteiger partial charge in [0.1, 0.15) is 0 Å². The van der Waals surface area contributed by atoms with Crippen LogP contribution < -0.4 is 5.32 Å². The van der Waals surface area contributed by atoms with E-state index in [0.29, 0.717) is 12.8 Å². The molecule has 1 fully saturated rings. The molecule has 0 bridgehead atoms. The Hall–Kier alpha value is -1.14. The second kappa shape index (κ2) is 18.6. The van der Waals surface area contributed by atoms with E-state index in [2.05, 4.69) is 17.1 Å². The molecule has 1 saturated heterocycles. The van der Waals surface area contributed by atoms with E-state index < -0.39 is 0 Å². The van der Waals surface area contributed by atoms with E-state index in [4.69, 9.17) is 4.74 Å². The Bertz CT molecular complexity index is 445. The maximum Gasteiger partial charge on any atom is 0.223 e. The Morgan fingerprint density at radius 3 is 2.43 bits per heavy atom. The zero-order valence-electron chi connectivity index (χ0n) is 19.8.